The summed E-state index contributed by atoms with van der Waals surface area (Å²) in [5.41, 5.74) is 0. The van der Waals surface area contributed by atoms with Gasteiger partial charge in [0.25, 0.3) is 12.4 Å². The van der Waals surface area contributed by atoms with Gasteiger partial charge in [-0.2, -0.15) is 0 Å². The predicted octanol–water partition coefficient (Wildman–Crippen LogP) is -1.00. The topological polar surface area (TPSA) is 161 Å². The van der Waals surface area contributed by atoms with Crippen molar-refractivity contribution in [3.8, 4) is 0 Å². The van der Waals surface area contributed by atoms with Crippen molar-refractivity contribution in [2.75, 3.05) is 86.5 Å². The SMILES string of the molecule is CCOC(=O)Nc1c[n+](N2CCOCC2)no1.CCOC(=O)Nc1c[n+](N2CCOCC2)no1. The van der Waals surface area contributed by atoms with Crippen molar-refractivity contribution in [1.82, 2.24) is 10.5 Å². The summed E-state index contributed by atoms with van der Waals surface area (Å²) >= 11 is 0. The van der Waals surface area contributed by atoms with Gasteiger partial charge in [0.2, 0.25) is 10.5 Å². The summed E-state index contributed by atoms with van der Waals surface area (Å²) in [4.78, 5) is 25.4. The number of carbonyl (C=O) groups excluding carboxylic acids is 2. The zero-order valence-corrected chi connectivity index (χ0v) is 19.2. The fraction of sp³-hybridized carbons (Fsp3) is 0.667. The third kappa shape index (κ3) is 7.73. The van der Waals surface area contributed by atoms with Crippen molar-refractivity contribution < 1.29 is 47.2 Å². The Balaban J connectivity index is 0.000000191. The molecule has 0 bridgehead atoms. The highest BCUT2D eigenvalue weighted by Gasteiger charge is 2.24. The second-order valence-corrected chi connectivity index (χ2v) is 6.80. The molecule has 0 atom stereocenters. The van der Waals surface area contributed by atoms with Crippen LogP contribution in [0.1, 0.15) is 13.8 Å². The minimum atomic E-state index is -0.558. The van der Waals surface area contributed by atoms with E-state index in [4.69, 9.17) is 28.0 Å². The molecule has 4 heterocycles. The lowest BCUT2D eigenvalue weighted by Gasteiger charge is -2.18. The molecule has 16 nitrogen and oxygen atoms in total. The van der Waals surface area contributed by atoms with E-state index in [1.54, 1.807) is 35.8 Å². The Morgan fingerprint density at radius 3 is 1.56 bits per heavy atom. The maximum absolute atomic E-state index is 11.1. The molecule has 34 heavy (non-hydrogen) atoms. The Hall–Kier alpha value is -3.66. The van der Waals surface area contributed by atoms with E-state index in [1.165, 1.54) is 0 Å². The van der Waals surface area contributed by atoms with Crippen LogP contribution in [0.2, 0.25) is 0 Å². The van der Waals surface area contributed by atoms with Crippen LogP contribution in [0.5, 0.6) is 0 Å². The first-order valence-corrected chi connectivity index (χ1v) is 10.9. The zero-order chi connectivity index (χ0) is 24.2. The lowest BCUT2D eigenvalue weighted by molar-refractivity contribution is -0.760. The molecule has 0 spiro atoms. The van der Waals surface area contributed by atoms with E-state index >= 15 is 0 Å². The van der Waals surface area contributed by atoms with E-state index in [1.807, 2.05) is 10.0 Å². The summed E-state index contributed by atoms with van der Waals surface area (Å²) in [5.74, 6) is 0.491. The quantitative estimate of drug-likeness (QED) is 0.480. The molecular formula is C18H30N8O8+2. The number of carbonyl (C=O) groups is 2. The van der Waals surface area contributed by atoms with E-state index in [9.17, 15) is 9.59 Å². The van der Waals surface area contributed by atoms with Crippen LogP contribution in [0.15, 0.2) is 21.4 Å². The third-order valence-electron chi connectivity index (χ3n) is 4.47. The van der Waals surface area contributed by atoms with Crippen LogP contribution in [0, 0.1) is 0 Å². The summed E-state index contributed by atoms with van der Waals surface area (Å²) in [5, 5.41) is 16.4. The molecule has 0 aromatic carbocycles. The molecule has 2 aliphatic heterocycles. The van der Waals surface area contributed by atoms with Crippen molar-refractivity contribution >= 4 is 24.0 Å². The first-order chi connectivity index (χ1) is 16.6. The number of anilines is 2. The molecule has 188 valence electrons. The van der Waals surface area contributed by atoms with Gasteiger partial charge >= 0.3 is 24.0 Å². The third-order valence-corrected chi connectivity index (χ3v) is 4.47. The maximum Gasteiger partial charge on any atom is 0.414 e. The largest absolute Gasteiger partial charge is 0.450 e. The van der Waals surface area contributed by atoms with E-state index in [2.05, 4.69) is 21.2 Å². The molecule has 2 aromatic rings. The van der Waals surface area contributed by atoms with Gasteiger partial charge in [0.15, 0.2) is 0 Å². The van der Waals surface area contributed by atoms with E-state index < -0.39 is 12.2 Å². The number of amides is 2. The number of ether oxygens (including phenoxy) is 4. The smallest absolute Gasteiger partial charge is 0.414 e. The zero-order valence-electron chi connectivity index (χ0n) is 19.2. The van der Waals surface area contributed by atoms with Gasteiger partial charge in [-0.25, -0.2) is 9.59 Å². The van der Waals surface area contributed by atoms with Crippen LogP contribution in [0.3, 0.4) is 0 Å². The molecule has 2 saturated heterocycles. The van der Waals surface area contributed by atoms with Gasteiger partial charge in [0.1, 0.15) is 0 Å². The number of nitrogens with zero attached hydrogens (tertiary/aromatic N) is 6. The normalized spacial score (nSPS) is 15.7. The molecule has 0 saturated carbocycles. The van der Waals surface area contributed by atoms with Gasteiger partial charge in [0, 0.05) is 0 Å². The van der Waals surface area contributed by atoms with Gasteiger partial charge < -0.3 is 18.9 Å². The van der Waals surface area contributed by atoms with Gasteiger partial charge in [-0.3, -0.25) is 19.7 Å². The monoisotopic (exact) mass is 486 g/mol. The summed E-state index contributed by atoms with van der Waals surface area (Å²) in [6.07, 6.45) is 2.06. The number of morpholine rings is 2. The minimum absolute atomic E-state index is 0.245. The molecular weight excluding hydrogens is 456 g/mol. The van der Waals surface area contributed by atoms with E-state index in [0.29, 0.717) is 39.6 Å². The van der Waals surface area contributed by atoms with Crippen LogP contribution in [-0.4, -0.2) is 88.5 Å². The maximum atomic E-state index is 11.1. The summed E-state index contributed by atoms with van der Waals surface area (Å²) in [7, 11) is 0. The lowest BCUT2D eigenvalue weighted by atomic mass is 10.5. The predicted molar refractivity (Wildman–Crippen MR) is 112 cm³/mol. The second kappa shape index (κ2) is 13.1. The standard InChI is InChI=1S/2C9H14N4O4/c2*1-2-16-9(14)10-8-7-13(11-17-8)12-3-5-15-6-4-12/h2*7H,2-6H2,1H3/p+2. The van der Waals surface area contributed by atoms with E-state index in [-0.39, 0.29) is 11.8 Å². The number of hydrogen-bond acceptors (Lipinski definition) is 12. The fourth-order valence-corrected chi connectivity index (χ4v) is 2.91. The van der Waals surface area contributed by atoms with Crippen LogP contribution < -0.4 is 30.2 Å². The first kappa shape index (κ1) is 25.0. The number of nitrogens with one attached hydrogen (secondary N) is 2. The van der Waals surface area contributed by atoms with Crippen LogP contribution >= 0.6 is 0 Å². The molecule has 2 aromatic heterocycles. The number of rotatable bonds is 6. The second-order valence-electron chi connectivity index (χ2n) is 6.80. The summed E-state index contributed by atoms with van der Waals surface area (Å²) < 4.78 is 29.8. The number of hydrogen-bond donors (Lipinski definition) is 2. The molecule has 2 aliphatic rings. The van der Waals surface area contributed by atoms with Crippen molar-refractivity contribution in [2.45, 2.75) is 13.8 Å². The van der Waals surface area contributed by atoms with Crippen molar-refractivity contribution in [2.24, 2.45) is 0 Å². The fourth-order valence-electron chi connectivity index (χ4n) is 2.91. The van der Waals surface area contributed by atoms with Crippen LogP contribution in [-0.2, 0) is 18.9 Å². The van der Waals surface area contributed by atoms with Gasteiger partial charge in [0.05, 0.1) is 75.4 Å². The van der Waals surface area contributed by atoms with Gasteiger partial charge in [-0.05, 0) is 13.8 Å². The average molecular weight is 486 g/mol. The molecule has 16 heteroatoms. The van der Waals surface area contributed by atoms with Gasteiger partial charge in [-0.1, -0.05) is 0 Å². The van der Waals surface area contributed by atoms with Crippen molar-refractivity contribution in [3.05, 3.63) is 12.4 Å². The van der Waals surface area contributed by atoms with Crippen molar-refractivity contribution in [3.63, 3.8) is 0 Å². The highest BCUT2D eigenvalue weighted by atomic mass is 16.6. The molecule has 2 amide bonds. The molecule has 2 N–H and O–H groups in total. The van der Waals surface area contributed by atoms with Crippen molar-refractivity contribution in [1.29, 1.82) is 0 Å². The Labute approximate surface area is 195 Å². The number of aromatic nitrogens is 4. The lowest BCUT2D eigenvalue weighted by Crippen LogP contribution is -2.62. The van der Waals surface area contributed by atoms with Crippen LogP contribution in [0.4, 0.5) is 21.4 Å². The summed E-state index contributed by atoms with van der Waals surface area (Å²) in [6.45, 7) is 9.62. The molecule has 4 rings (SSSR count). The highest BCUT2D eigenvalue weighted by Crippen LogP contribution is 2.03. The average Bonchev–Trinajstić information content (AvgIpc) is 3.51. The highest BCUT2D eigenvalue weighted by molar-refractivity contribution is 5.82. The Bertz CT molecular complexity index is 822. The molecule has 0 aliphatic carbocycles. The van der Waals surface area contributed by atoms with Gasteiger partial charge in [-0.15, -0.1) is 10.0 Å². The Kier molecular flexibility index (Phi) is 9.65. The Morgan fingerprint density at radius 1 is 0.824 bits per heavy atom. The molecule has 0 unspecified atom stereocenters. The first-order valence-electron chi connectivity index (χ1n) is 10.9. The molecule has 0 radical (unpaired) electrons. The van der Waals surface area contributed by atoms with Crippen LogP contribution in [0.25, 0.3) is 0 Å². The Morgan fingerprint density at radius 2 is 1.21 bits per heavy atom. The molecule has 2 fully saturated rings. The minimum Gasteiger partial charge on any atom is -0.450 e. The van der Waals surface area contributed by atoms with E-state index in [0.717, 1.165) is 26.2 Å². The summed E-state index contributed by atoms with van der Waals surface area (Å²) in [6, 6.07) is 0.